The third kappa shape index (κ3) is 2.11. The minimum atomic E-state index is 0.00704. The minimum absolute atomic E-state index is 0.00704. The van der Waals surface area contributed by atoms with Gasteiger partial charge in [-0.25, -0.2) is 0 Å². The predicted molar refractivity (Wildman–Crippen MR) is 81.9 cm³/mol. The molecule has 0 saturated heterocycles. The van der Waals surface area contributed by atoms with Crippen molar-refractivity contribution in [2.45, 2.75) is 26.2 Å². The normalized spacial score (nSPS) is 21.2. The summed E-state index contributed by atoms with van der Waals surface area (Å²) < 4.78 is 0. The van der Waals surface area contributed by atoms with Crippen molar-refractivity contribution in [1.29, 1.82) is 0 Å². The van der Waals surface area contributed by atoms with Crippen LogP contribution in [0.1, 0.15) is 36.0 Å². The van der Waals surface area contributed by atoms with Crippen LogP contribution in [0.25, 0.3) is 0 Å². The lowest BCUT2D eigenvalue weighted by Crippen LogP contribution is -2.33. The molecule has 20 heavy (non-hydrogen) atoms. The van der Waals surface area contributed by atoms with Gasteiger partial charge in [0.15, 0.2) is 0 Å². The third-order valence-corrected chi connectivity index (χ3v) is 4.17. The van der Waals surface area contributed by atoms with Gasteiger partial charge < -0.3 is 5.32 Å². The summed E-state index contributed by atoms with van der Waals surface area (Å²) in [6.07, 6.45) is 0.846. The molecule has 0 radical (unpaired) electrons. The molecule has 0 aromatic heterocycles. The Morgan fingerprint density at radius 2 is 1.75 bits per heavy atom. The van der Waals surface area contributed by atoms with Crippen LogP contribution in [0.3, 0.4) is 0 Å². The molecule has 2 unspecified atom stereocenters. The first-order valence-corrected chi connectivity index (χ1v) is 7.17. The van der Waals surface area contributed by atoms with Gasteiger partial charge >= 0.3 is 0 Å². The average molecular weight is 265 g/mol. The number of carbonyl (C=O) groups excluding carboxylic acids is 1. The fraction of sp³-hybridized carbons (Fsp3) is 0.278. The van der Waals surface area contributed by atoms with Crippen LogP contribution in [-0.2, 0) is 4.79 Å². The first-order chi connectivity index (χ1) is 9.70. The maximum absolute atomic E-state index is 12.3. The van der Waals surface area contributed by atoms with Gasteiger partial charge in [0.25, 0.3) is 0 Å². The highest BCUT2D eigenvalue weighted by molar-refractivity contribution is 5.97. The van der Waals surface area contributed by atoms with Gasteiger partial charge in [-0.05, 0) is 30.5 Å². The van der Waals surface area contributed by atoms with Crippen LogP contribution in [-0.4, -0.2) is 5.91 Å². The highest BCUT2D eigenvalue weighted by Crippen LogP contribution is 2.41. The lowest BCUT2D eigenvalue weighted by Gasteiger charge is -2.33. The van der Waals surface area contributed by atoms with Gasteiger partial charge in [-0.1, -0.05) is 55.0 Å². The summed E-state index contributed by atoms with van der Waals surface area (Å²) >= 11 is 0. The molecule has 1 N–H and O–H groups in total. The van der Waals surface area contributed by atoms with Gasteiger partial charge in [-0.15, -0.1) is 0 Å². The molecule has 1 aliphatic heterocycles. The lowest BCUT2D eigenvalue weighted by atomic mass is 9.76. The monoisotopic (exact) mass is 265 g/mol. The van der Waals surface area contributed by atoms with Crippen LogP contribution >= 0.6 is 0 Å². The zero-order valence-electron chi connectivity index (χ0n) is 11.9. The first-order valence-electron chi connectivity index (χ1n) is 7.17. The molecule has 2 nitrogen and oxygen atoms in total. The maximum atomic E-state index is 12.3. The Morgan fingerprint density at radius 3 is 2.45 bits per heavy atom. The number of hydrogen-bond acceptors (Lipinski definition) is 1. The topological polar surface area (TPSA) is 29.1 Å². The standard InChI is InChI=1S/C18H19NO/c1-3-14-17(13-10-8-12(2)9-11-13)15-6-4-5-7-16(15)19-18(14)20/h4-11,14,17H,3H2,1-2H3,(H,19,20). The maximum Gasteiger partial charge on any atom is 0.228 e. The fourth-order valence-electron chi connectivity index (χ4n) is 3.08. The van der Waals surface area contributed by atoms with Crippen molar-refractivity contribution in [3.05, 3.63) is 65.2 Å². The van der Waals surface area contributed by atoms with Crippen molar-refractivity contribution in [2.75, 3.05) is 5.32 Å². The number of aryl methyl sites for hydroxylation is 1. The zero-order valence-corrected chi connectivity index (χ0v) is 11.9. The SMILES string of the molecule is CCC1C(=O)Nc2ccccc2C1c1ccc(C)cc1. The number of amides is 1. The number of nitrogens with one attached hydrogen (secondary N) is 1. The Kier molecular flexibility index (Phi) is 3.31. The van der Waals surface area contributed by atoms with E-state index in [2.05, 4.69) is 49.5 Å². The number of fused-ring (bicyclic) bond motifs is 1. The molecule has 2 heteroatoms. The van der Waals surface area contributed by atoms with Crippen LogP contribution in [0.2, 0.25) is 0 Å². The number of hydrogen-bond donors (Lipinski definition) is 1. The fourth-order valence-corrected chi connectivity index (χ4v) is 3.08. The van der Waals surface area contributed by atoms with Gasteiger partial charge in [-0.2, -0.15) is 0 Å². The highest BCUT2D eigenvalue weighted by Gasteiger charge is 2.35. The predicted octanol–water partition coefficient (Wildman–Crippen LogP) is 4.11. The molecular formula is C18H19NO. The molecule has 0 spiro atoms. The van der Waals surface area contributed by atoms with Crippen molar-refractivity contribution in [3.8, 4) is 0 Å². The van der Waals surface area contributed by atoms with E-state index in [1.54, 1.807) is 0 Å². The molecule has 0 saturated carbocycles. The summed E-state index contributed by atoms with van der Waals surface area (Å²) in [6, 6.07) is 16.7. The number of carbonyl (C=O) groups is 1. The Bertz CT molecular complexity index is 630. The van der Waals surface area contributed by atoms with E-state index in [0.29, 0.717) is 0 Å². The van der Waals surface area contributed by atoms with Crippen LogP contribution in [0.4, 0.5) is 5.69 Å². The summed E-state index contributed by atoms with van der Waals surface area (Å²) in [7, 11) is 0. The van der Waals surface area contributed by atoms with Crippen molar-refractivity contribution in [2.24, 2.45) is 5.92 Å². The molecule has 1 amide bonds. The van der Waals surface area contributed by atoms with Gasteiger partial charge in [0.1, 0.15) is 0 Å². The van der Waals surface area contributed by atoms with E-state index < -0.39 is 0 Å². The quantitative estimate of drug-likeness (QED) is 0.870. The number of benzene rings is 2. The van der Waals surface area contributed by atoms with Gasteiger partial charge in [0, 0.05) is 17.5 Å². The second kappa shape index (κ2) is 5.12. The summed E-state index contributed by atoms with van der Waals surface area (Å²) in [4.78, 5) is 12.3. The van der Waals surface area contributed by atoms with E-state index in [1.807, 2.05) is 18.2 Å². The van der Waals surface area contributed by atoms with Gasteiger partial charge in [-0.3, -0.25) is 4.79 Å². The molecule has 2 atom stereocenters. The van der Waals surface area contributed by atoms with Crippen LogP contribution in [0.5, 0.6) is 0 Å². The molecule has 1 heterocycles. The number of anilines is 1. The smallest absolute Gasteiger partial charge is 0.228 e. The minimum Gasteiger partial charge on any atom is -0.326 e. The van der Waals surface area contributed by atoms with E-state index in [9.17, 15) is 4.79 Å². The highest BCUT2D eigenvalue weighted by atomic mass is 16.2. The second-order valence-electron chi connectivity index (χ2n) is 5.48. The molecular weight excluding hydrogens is 246 g/mol. The van der Waals surface area contributed by atoms with E-state index in [1.165, 1.54) is 16.7 Å². The molecule has 2 aromatic rings. The molecule has 2 aromatic carbocycles. The number of para-hydroxylation sites is 1. The molecule has 0 bridgehead atoms. The van der Waals surface area contributed by atoms with Gasteiger partial charge in [0.05, 0.1) is 0 Å². The average Bonchev–Trinajstić information content (AvgIpc) is 2.47. The van der Waals surface area contributed by atoms with Crippen molar-refractivity contribution < 1.29 is 4.79 Å². The largest absolute Gasteiger partial charge is 0.326 e. The van der Waals surface area contributed by atoms with Crippen molar-refractivity contribution in [1.82, 2.24) is 0 Å². The third-order valence-electron chi connectivity index (χ3n) is 4.17. The van der Waals surface area contributed by atoms with E-state index in [4.69, 9.17) is 0 Å². The summed E-state index contributed by atoms with van der Waals surface area (Å²) in [5, 5.41) is 3.03. The van der Waals surface area contributed by atoms with Crippen molar-refractivity contribution in [3.63, 3.8) is 0 Å². The Morgan fingerprint density at radius 1 is 1.05 bits per heavy atom. The van der Waals surface area contributed by atoms with Gasteiger partial charge in [0.2, 0.25) is 5.91 Å². The van der Waals surface area contributed by atoms with Crippen molar-refractivity contribution >= 4 is 11.6 Å². The number of rotatable bonds is 2. The van der Waals surface area contributed by atoms with E-state index >= 15 is 0 Å². The van der Waals surface area contributed by atoms with Crippen LogP contribution in [0.15, 0.2) is 48.5 Å². The Hall–Kier alpha value is -2.09. The molecule has 0 aliphatic carbocycles. The summed E-state index contributed by atoms with van der Waals surface area (Å²) in [5.74, 6) is 0.301. The van der Waals surface area contributed by atoms with E-state index in [0.717, 1.165) is 12.1 Å². The van der Waals surface area contributed by atoms with Crippen LogP contribution in [0, 0.1) is 12.8 Å². The van der Waals surface area contributed by atoms with Crippen LogP contribution < -0.4 is 5.32 Å². The molecule has 0 fully saturated rings. The summed E-state index contributed by atoms with van der Waals surface area (Å²) in [5.41, 5.74) is 4.65. The Balaban J connectivity index is 2.14. The van der Waals surface area contributed by atoms with E-state index in [-0.39, 0.29) is 17.7 Å². The molecule has 102 valence electrons. The first kappa shape index (κ1) is 12.9. The molecule has 3 rings (SSSR count). The Labute approximate surface area is 119 Å². The second-order valence-corrected chi connectivity index (χ2v) is 5.48. The molecule has 1 aliphatic rings. The summed E-state index contributed by atoms with van der Waals surface area (Å²) in [6.45, 7) is 4.17. The zero-order chi connectivity index (χ0) is 14.1. The lowest BCUT2D eigenvalue weighted by molar-refractivity contribution is -0.120.